The van der Waals surface area contributed by atoms with Crippen molar-refractivity contribution in [2.45, 2.75) is 70.8 Å². The molecular weight excluding hydrogens is 841 g/mol. The number of imide groups is 1. The van der Waals surface area contributed by atoms with Crippen LogP contribution in [-0.2, 0) is 36.0 Å². The van der Waals surface area contributed by atoms with Gasteiger partial charge in [0.15, 0.2) is 0 Å². The maximum atomic E-state index is 16.1. The summed E-state index contributed by atoms with van der Waals surface area (Å²) in [7, 11) is 2.02. The van der Waals surface area contributed by atoms with Crippen LogP contribution in [0.1, 0.15) is 82.7 Å². The zero-order valence-electron chi connectivity index (χ0n) is 38.0. The Hall–Kier alpha value is -5.93. The van der Waals surface area contributed by atoms with E-state index < -0.39 is 0 Å². The molecule has 1 unspecified atom stereocenters. The van der Waals surface area contributed by atoms with Gasteiger partial charge in [0.05, 0.1) is 11.4 Å². The van der Waals surface area contributed by atoms with Crippen molar-refractivity contribution in [2.24, 2.45) is 18.9 Å². The molecule has 5 aliphatic rings. The SMILES string of the molecule is Cc1cc(C(=O)N2CCC(CN3CCN(c4ccc(CC5CCC(=O)NC5=O)cc4F)CC3)CC2)cc(F)c1C1CCN(Cc2cc3c(-n4ccc5c(c4=O)CCN5)ccnc3n2C)CC1. The number of carbonyl (C=O) groups excluding carboxylic acids is 3. The van der Waals surface area contributed by atoms with Gasteiger partial charge in [-0.2, -0.15) is 0 Å². The van der Waals surface area contributed by atoms with Gasteiger partial charge in [-0.25, -0.2) is 13.8 Å². The molecule has 1 atom stereocenters. The summed E-state index contributed by atoms with van der Waals surface area (Å²) in [6.07, 6.45) is 8.94. The molecule has 13 nitrogen and oxygen atoms in total. The largest absolute Gasteiger partial charge is 0.384 e. The van der Waals surface area contributed by atoms with Gasteiger partial charge in [-0.15, -0.1) is 0 Å². The Kier molecular flexibility index (Phi) is 12.2. The highest BCUT2D eigenvalue weighted by Gasteiger charge is 2.31. The van der Waals surface area contributed by atoms with E-state index in [-0.39, 0.29) is 46.8 Å². The lowest BCUT2D eigenvalue weighted by molar-refractivity contribution is -0.136. The van der Waals surface area contributed by atoms with Crippen LogP contribution in [0.3, 0.4) is 0 Å². The zero-order chi connectivity index (χ0) is 45.6. The Morgan fingerprint density at radius 2 is 1.61 bits per heavy atom. The molecule has 0 spiro atoms. The van der Waals surface area contributed by atoms with Crippen LogP contribution in [0, 0.1) is 30.4 Å². The molecule has 15 heteroatoms. The van der Waals surface area contributed by atoms with E-state index in [1.165, 1.54) is 12.1 Å². The molecule has 5 aromatic rings. The van der Waals surface area contributed by atoms with Gasteiger partial charge in [0.2, 0.25) is 11.8 Å². The molecule has 10 rings (SSSR count). The summed E-state index contributed by atoms with van der Waals surface area (Å²) < 4.78 is 35.2. The van der Waals surface area contributed by atoms with Crippen molar-refractivity contribution in [1.82, 2.24) is 34.1 Å². The van der Waals surface area contributed by atoms with Crippen LogP contribution >= 0.6 is 0 Å². The number of aromatic nitrogens is 3. The average molecular weight is 900 g/mol. The number of carbonyl (C=O) groups is 3. The van der Waals surface area contributed by atoms with Crippen molar-refractivity contribution in [3.63, 3.8) is 0 Å². The molecular formula is C51H59F2N9O4. The summed E-state index contributed by atoms with van der Waals surface area (Å²) in [5, 5.41) is 6.61. The lowest BCUT2D eigenvalue weighted by Gasteiger charge is -2.39. The van der Waals surface area contributed by atoms with Gasteiger partial charge in [-0.3, -0.25) is 38.9 Å². The molecule has 0 bridgehead atoms. The molecule has 66 heavy (non-hydrogen) atoms. The lowest BCUT2D eigenvalue weighted by Crippen LogP contribution is -2.49. The Morgan fingerprint density at radius 1 is 0.818 bits per heavy atom. The highest BCUT2D eigenvalue weighted by Crippen LogP contribution is 2.35. The molecule has 3 amide bonds. The number of nitrogens with one attached hydrogen (secondary N) is 2. The number of benzene rings is 2. The third kappa shape index (κ3) is 8.74. The molecule has 8 heterocycles. The van der Waals surface area contributed by atoms with Crippen molar-refractivity contribution < 1.29 is 23.2 Å². The molecule has 4 fully saturated rings. The average Bonchev–Trinajstić information content (AvgIpc) is 3.93. The third-order valence-corrected chi connectivity index (χ3v) is 15.1. The van der Waals surface area contributed by atoms with Crippen LogP contribution in [0.5, 0.6) is 0 Å². The Balaban J connectivity index is 0.692. The summed E-state index contributed by atoms with van der Waals surface area (Å²) in [5.41, 5.74) is 7.80. The first kappa shape index (κ1) is 43.9. The van der Waals surface area contributed by atoms with Gasteiger partial charge in [-0.1, -0.05) is 6.07 Å². The smallest absolute Gasteiger partial charge is 0.260 e. The summed E-state index contributed by atoms with van der Waals surface area (Å²) in [5.74, 6) is -1.02. The lowest BCUT2D eigenvalue weighted by atomic mass is 9.85. The van der Waals surface area contributed by atoms with Crippen molar-refractivity contribution in [1.29, 1.82) is 0 Å². The van der Waals surface area contributed by atoms with Crippen LogP contribution in [0.15, 0.2) is 65.7 Å². The van der Waals surface area contributed by atoms with E-state index in [0.717, 1.165) is 128 Å². The maximum Gasteiger partial charge on any atom is 0.260 e. The van der Waals surface area contributed by atoms with Crippen molar-refractivity contribution in [3.05, 3.63) is 116 Å². The van der Waals surface area contributed by atoms with Gasteiger partial charge in [0, 0.05) is 119 Å². The minimum Gasteiger partial charge on any atom is -0.384 e. The second-order valence-electron chi connectivity index (χ2n) is 19.2. The van der Waals surface area contributed by atoms with E-state index in [1.54, 1.807) is 10.8 Å². The maximum absolute atomic E-state index is 16.1. The molecule has 3 aromatic heterocycles. The minimum absolute atomic E-state index is 0.00435. The number of rotatable bonds is 10. The topological polar surface area (TPSA) is 128 Å². The Labute approximate surface area is 383 Å². The van der Waals surface area contributed by atoms with Crippen LogP contribution in [0.25, 0.3) is 16.7 Å². The van der Waals surface area contributed by atoms with E-state index in [2.05, 4.69) is 41.0 Å². The number of aryl methyl sites for hydroxylation is 2. The van der Waals surface area contributed by atoms with E-state index >= 15 is 8.78 Å². The second kappa shape index (κ2) is 18.4. The van der Waals surface area contributed by atoms with Gasteiger partial charge in [0.1, 0.15) is 17.3 Å². The van der Waals surface area contributed by atoms with Crippen LogP contribution in [0.2, 0.25) is 0 Å². The number of pyridine rings is 2. The second-order valence-corrected chi connectivity index (χ2v) is 19.2. The van der Waals surface area contributed by atoms with E-state index in [1.807, 2.05) is 55.4 Å². The van der Waals surface area contributed by atoms with Crippen molar-refractivity contribution in [2.75, 3.05) is 75.7 Å². The van der Waals surface area contributed by atoms with Gasteiger partial charge < -0.3 is 19.7 Å². The molecule has 5 aliphatic heterocycles. The summed E-state index contributed by atoms with van der Waals surface area (Å²) >= 11 is 0. The van der Waals surface area contributed by atoms with Crippen molar-refractivity contribution >= 4 is 40.1 Å². The fourth-order valence-electron chi connectivity index (χ4n) is 11.3. The first-order valence-electron chi connectivity index (χ1n) is 23.8. The highest BCUT2D eigenvalue weighted by molar-refractivity contribution is 5.98. The first-order chi connectivity index (χ1) is 32.0. The standard InChI is InChI=1S/C51H59F2N9O4/c1-32-25-37(50(65)61-18-9-33(10-19-61)30-59-21-23-60(24-22-59)45-5-3-34(27-41(45)52)26-36-4-6-46(63)56-49(36)64)28-42(53)47(32)35-11-16-58(17-12-35)31-38-29-40-44(8-15-55-48(40)57(38)2)62-20-13-43-39(51(62)66)7-14-54-43/h3,5,8,13,15,20,25,27-29,33,35-36,54H,4,6-7,9-12,14,16-19,21-24,26,30-31H2,1-2H3,(H,56,63,64). The predicted octanol–water partition coefficient (Wildman–Crippen LogP) is 5.93. The Bertz CT molecular complexity index is 2720. The third-order valence-electron chi connectivity index (χ3n) is 15.1. The quantitative estimate of drug-likeness (QED) is 0.164. The number of nitrogens with zero attached hydrogens (tertiary/aromatic N) is 7. The number of halogens is 2. The van der Waals surface area contributed by atoms with Gasteiger partial charge in [0.25, 0.3) is 11.5 Å². The number of piperazine rings is 1. The number of hydrogen-bond donors (Lipinski definition) is 2. The van der Waals surface area contributed by atoms with Gasteiger partial charge >= 0.3 is 0 Å². The van der Waals surface area contributed by atoms with Crippen LogP contribution in [-0.4, -0.2) is 112 Å². The zero-order valence-corrected chi connectivity index (χ0v) is 38.0. The number of anilines is 2. The number of fused-ring (bicyclic) bond motifs is 2. The van der Waals surface area contributed by atoms with Crippen LogP contribution < -0.4 is 21.1 Å². The van der Waals surface area contributed by atoms with Crippen molar-refractivity contribution in [3.8, 4) is 5.69 Å². The number of piperidine rings is 3. The summed E-state index contributed by atoms with van der Waals surface area (Å²) in [6.45, 7) is 10.3. The first-order valence-corrected chi connectivity index (χ1v) is 23.8. The molecule has 2 aromatic carbocycles. The summed E-state index contributed by atoms with van der Waals surface area (Å²) in [4.78, 5) is 64.3. The van der Waals surface area contributed by atoms with Crippen LogP contribution in [0.4, 0.5) is 20.2 Å². The van der Waals surface area contributed by atoms with E-state index in [0.29, 0.717) is 62.6 Å². The fourth-order valence-corrected chi connectivity index (χ4v) is 11.3. The number of hydrogen-bond acceptors (Lipinski definition) is 9. The molecule has 0 radical (unpaired) electrons. The summed E-state index contributed by atoms with van der Waals surface area (Å²) in [6, 6.07) is 14.6. The van der Waals surface area contributed by atoms with E-state index in [4.69, 9.17) is 0 Å². The molecule has 4 saturated heterocycles. The fraction of sp³-hybridized carbons (Fsp3) is 0.471. The number of likely N-dealkylation sites (tertiary alicyclic amines) is 2. The van der Waals surface area contributed by atoms with Gasteiger partial charge in [-0.05, 0) is 136 Å². The minimum atomic E-state index is -0.319. The predicted molar refractivity (Wildman–Crippen MR) is 250 cm³/mol. The number of amides is 3. The normalized spacial score (nSPS) is 20.2. The molecule has 0 aliphatic carbocycles. The molecule has 346 valence electrons. The molecule has 2 N–H and O–H groups in total. The molecule has 0 saturated carbocycles. The monoisotopic (exact) mass is 899 g/mol. The van der Waals surface area contributed by atoms with E-state index in [9.17, 15) is 19.2 Å². The highest BCUT2D eigenvalue weighted by atomic mass is 19.1. The Morgan fingerprint density at radius 3 is 2.35 bits per heavy atom.